The molecule has 0 radical (unpaired) electrons. The van der Waals surface area contributed by atoms with Crippen LogP contribution in [0, 0.1) is 5.82 Å². The van der Waals surface area contributed by atoms with E-state index in [1.807, 2.05) is 0 Å². The fraction of sp³-hybridized carbons (Fsp3) is 0. The zero-order valence-corrected chi connectivity index (χ0v) is 9.78. The molecule has 0 saturated heterocycles. The third-order valence-corrected chi connectivity index (χ3v) is 2.71. The number of phenols is 2. The minimum absolute atomic E-state index is 0.0347. The van der Waals surface area contributed by atoms with Crippen LogP contribution in [0.1, 0.15) is 15.9 Å². The van der Waals surface area contributed by atoms with Crippen molar-refractivity contribution in [2.24, 2.45) is 0 Å². The summed E-state index contributed by atoms with van der Waals surface area (Å²) in [6, 6.07) is 7.04. The lowest BCUT2D eigenvalue weighted by Gasteiger charge is -2.05. The Kier molecular flexibility index (Phi) is 3.21. The molecule has 0 aromatic heterocycles. The Morgan fingerprint density at radius 3 is 2.11 bits per heavy atom. The largest absolute Gasteiger partial charge is 0.508 e. The summed E-state index contributed by atoms with van der Waals surface area (Å²) in [6.45, 7) is 0. The summed E-state index contributed by atoms with van der Waals surface area (Å²) in [5.41, 5.74) is -0.112. The Hall–Kier alpha value is -2.07. The van der Waals surface area contributed by atoms with E-state index in [-0.39, 0.29) is 27.6 Å². The molecule has 0 aliphatic rings. The highest BCUT2D eigenvalue weighted by Gasteiger charge is 2.17. The smallest absolute Gasteiger partial charge is 0.197 e. The fourth-order valence-electron chi connectivity index (χ4n) is 1.52. The monoisotopic (exact) mass is 266 g/mol. The van der Waals surface area contributed by atoms with Crippen molar-refractivity contribution >= 4 is 17.4 Å². The van der Waals surface area contributed by atoms with Gasteiger partial charge in [0.2, 0.25) is 0 Å². The second-order valence-electron chi connectivity index (χ2n) is 3.66. The van der Waals surface area contributed by atoms with Crippen LogP contribution in [0.3, 0.4) is 0 Å². The summed E-state index contributed by atoms with van der Waals surface area (Å²) in [7, 11) is 0. The lowest BCUT2D eigenvalue weighted by atomic mass is 10.0. The molecule has 2 aromatic rings. The fourth-order valence-corrected chi connectivity index (χ4v) is 1.78. The quantitative estimate of drug-likeness (QED) is 0.821. The molecule has 0 spiro atoms. The van der Waals surface area contributed by atoms with Gasteiger partial charge in [0.1, 0.15) is 17.3 Å². The molecular weight excluding hydrogens is 259 g/mol. The van der Waals surface area contributed by atoms with Crippen molar-refractivity contribution in [2.45, 2.75) is 0 Å². The third-order valence-electron chi connectivity index (χ3n) is 2.39. The molecule has 18 heavy (non-hydrogen) atoms. The average Bonchev–Trinajstić information content (AvgIpc) is 2.28. The van der Waals surface area contributed by atoms with E-state index >= 15 is 0 Å². The van der Waals surface area contributed by atoms with Crippen LogP contribution in [0.2, 0.25) is 5.02 Å². The van der Waals surface area contributed by atoms with Gasteiger partial charge in [0.05, 0.1) is 10.6 Å². The van der Waals surface area contributed by atoms with E-state index in [0.717, 1.165) is 6.07 Å². The number of ketones is 1. The highest BCUT2D eigenvalue weighted by atomic mass is 35.5. The first-order valence-corrected chi connectivity index (χ1v) is 5.38. The molecule has 0 fully saturated rings. The first-order chi connectivity index (χ1) is 8.49. The van der Waals surface area contributed by atoms with Crippen molar-refractivity contribution in [2.75, 3.05) is 0 Å². The standard InChI is InChI=1S/C13H8ClFO3/c14-11-5-7(16)1-3-9(11)13(18)10-4-2-8(17)6-12(10)15/h1-6,16-17H. The van der Waals surface area contributed by atoms with E-state index in [1.165, 1.54) is 30.3 Å². The molecule has 2 N–H and O–H groups in total. The van der Waals surface area contributed by atoms with Crippen LogP contribution in [-0.4, -0.2) is 16.0 Å². The minimum atomic E-state index is -0.829. The zero-order chi connectivity index (χ0) is 13.3. The predicted molar refractivity (Wildman–Crippen MR) is 64.6 cm³/mol. The summed E-state index contributed by atoms with van der Waals surface area (Å²) >= 11 is 5.81. The molecule has 2 rings (SSSR count). The van der Waals surface area contributed by atoms with Crippen LogP contribution >= 0.6 is 11.6 Å². The van der Waals surface area contributed by atoms with Gasteiger partial charge in [-0.1, -0.05) is 11.6 Å². The van der Waals surface area contributed by atoms with Crippen LogP contribution < -0.4 is 0 Å². The van der Waals surface area contributed by atoms with E-state index in [1.54, 1.807) is 0 Å². The van der Waals surface area contributed by atoms with Gasteiger partial charge in [-0.15, -0.1) is 0 Å². The van der Waals surface area contributed by atoms with Gasteiger partial charge >= 0.3 is 0 Å². The van der Waals surface area contributed by atoms with Gasteiger partial charge in [-0.25, -0.2) is 4.39 Å². The molecule has 0 aliphatic carbocycles. The normalized spacial score (nSPS) is 10.3. The Labute approximate surface area is 107 Å². The van der Waals surface area contributed by atoms with Crippen LogP contribution in [0.4, 0.5) is 4.39 Å². The Morgan fingerprint density at radius 1 is 1.00 bits per heavy atom. The predicted octanol–water partition coefficient (Wildman–Crippen LogP) is 3.12. The molecule has 0 atom stereocenters. The maximum absolute atomic E-state index is 13.5. The average molecular weight is 267 g/mol. The first-order valence-electron chi connectivity index (χ1n) is 5.01. The van der Waals surface area contributed by atoms with Gasteiger partial charge in [-0.3, -0.25) is 4.79 Å². The molecule has 2 aromatic carbocycles. The molecule has 0 aliphatic heterocycles. The maximum Gasteiger partial charge on any atom is 0.197 e. The summed E-state index contributed by atoms with van der Waals surface area (Å²) in [4.78, 5) is 12.0. The van der Waals surface area contributed by atoms with E-state index in [4.69, 9.17) is 16.7 Å². The van der Waals surface area contributed by atoms with Crippen molar-refractivity contribution in [3.8, 4) is 11.5 Å². The van der Waals surface area contributed by atoms with E-state index < -0.39 is 11.6 Å². The molecular formula is C13H8ClFO3. The van der Waals surface area contributed by atoms with Gasteiger partial charge in [0.25, 0.3) is 0 Å². The Balaban J connectivity index is 2.48. The van der Waals surface area contributed by atoms with Gasteiger partial charge < -0.3 is 10.2 Å². The second kappa shape index (κ2) is 4.66. The van der Waals surface area contributed by atoms with E-state index in [0.29, 0.717) is 0 Å². The molecule has 0 unspecified atom stereocenters. The summed E-state index contributed by atoms with van der Waals surface area (Å²) in [5, 5.41) is 18.3. The number of phenolic OH excluding ortho intramolecular Hbond substituents is 2. The number of aromatic hydroxyl groups is 2. The molecule has 92 valence electrons. The van der Waals surface area contributed by atoms with Gasteiger partial charge in [0, 0.05) is 11.6 Å². The van der Waals surface area contributed by atoms with Gasteiger partial charge in [-0.2, -0.15) is 0 Å². The SMILES string of the molecule is O=C(c1ccc(O)cc1F)c1ccc(O)cc1Cl. The van der Waals surface area contributed by atoms with Crippen molar-refractivity contribution in [3.63, 3.8) is 0 Å². The number of benzene rings is 2. The number of carbonyl (C=O) groups is 1. The minimum Gasteiger partial charge on any atom is -0.508 e. The lowest BCUT2D eigenvalue weighted by Crippen LogP contribution is -2.04. The topological polar surface area (TPSA) is 57.5 Å². The first kappa shape index (κ1) is 12.4. The van der Waals surface area contributed by atoms with Crippen LogP contribution in [0.15, 0.2) is 36.4 Å². The molecule has 3 nitrogen and oxygen atoms in total. The van der Waals surface area contributed by atoms with Gasteiger partial charge in [-0.05, 0) is 30.3 Å². The van der Waals surface area contributed by atoms with Crippen molar-refractivity contribution in [3.05, 3.63) is 58.4 Å². The maximum atomic E-state index is 13.5. The number of halogens is 2. The van der Waals surface area contributed by atoms with E-state index in [9.17, 15) is 14.3 Å². The highest BCUT2D eigenvalue weighted by molar-refractivity contribution is 6.35. The second-order valence-corrected chi connectivity index (χ2v) is 4.06. The van der Waals surface area contributed by atoms with Gasteiger partial charge in [0.15, 0.2) is 5.78 Å². The van der Waals surface area contributed by atoms with Crippen molar-refractivity contribution < 1.29 is 19.4 Å². The summed E-state index contributed by atoms with van der Waals surface area (Å²) < 4.78 is 13.5. The van der Waals surface area contributed by atoms with Crippen molar-refractivity contribution in [1.29, 1.82) is 0 Å². The third kappa shape index (κ3) is 2.28. The zero-order valence-electron chi connectivity index (χ0n) is 9.02. The molecule has 0 heterocycles. The van der Waals surface area contributed by atoms with Crippen molar-refractivity contribution in [1.82, 2.24) is 0 Å². The molecule has 0 saturated carbocycles. The molecule has 0 amide bonds. The van der Waals surface area contributed by atoms with Crippen LogP contribution in [0.25, 0.3) is 0 Å². The number of rotatable bonds is 2. The van der Waals surface area contributed by atoms with Crippen LogP contribution in [-0.2, 0) is 0 Å². The number of hydrogen-bond acceptors (Lipinski definition) is 3. The van der Waals surface area contributed by atoms with Crippen LogP contribution in [0.5, 0.6) is 11.5 Å². The summed E-state index contributed by atoms with van der Waals surface area (Å²) in [6.07, 6.45) is 0. The molecule has 5 heteroatoms. The number of carbonyl (C=O) groups excluding carboxylic acids is 1. The number of hydrogen-bond donors (Lipinski definition) is 2. The Bertz CT molecular complexity index is 572. The lowest BCUT2D eigenvalue weighted by molar-refractivity contribution is 0.103. The highest BCUT2D eigenvalue weighted by Crippen LogP contribution is 2.25. The van der Waals surface area contributed by atoms with E-state index in [2.05, 4.69) is 0 Å². The molecule has 0 bridgehead atoms. The summed E-state index contributed by atoms with van der Waals surface area (Å²) in [5.74, 6) is -1.79. The Morgan fingerprint density at radius 2 is 1.56 bits per heavy atom.